The highest BCUT2D eigenvalue weighted by atomic mass is 32.1. The first-order valence-corrected chi connectivity index (χ1v) is 6.19. The van der Waals surface area contributed by atoms with E-state index in [2.05, 4.69) is 19.1 Å². The highest BCUT2D eigenvalue weighted by Gasteiger charge is 2.26. The van der Waals surface area contributed by atoms with E-state index >= 15 is 0 Å². The second-order valence-corrected chi connectivity index (χ2v) is 5.59. The van der Waals surface area contributed by atoms with Gasteiger partial charge in [-0.25, -0.2) is 0 Å². The van der Waals surface area contributed by atoms with Gasteiger partial charge in [-0.3, -0.25) is 0 Å². The molecule has 0 amide bonds. The second-order valence-electron chi connectivity index (χ2n) is 4.34. The van der Waals surface area contributed by atoms with Crippen molar-refractivity contribution in [3.8, 4) is 0 Å². The van der Waals surface area contributed by atoms with E-state index in [0.29, 0.717) is 0 Å². The van der Waals surface area contributed by atoms with Gasteiger partial charge in [0.25, 0.3) is 0 Å². The van der Waals surface area contributed by atoms with Crippen molar-refractivity contribution < 1.29 is 4.74 Å². The minimum absolute atomic E-state index is 0.0471. The summed E-state index contributed by atoms with van der Waals surface area (Å²) in [7, 11) is 1.71. The van der Waals surface area contributed by atoms with Crippen molar-refractivity contribution in [3.63, 3.8) is 0 Å². The lowest BCUT2D eigenvalue weighted by Crippen LogP contribution is -2.45. The molecule has 0 bridgehead atoms. The van der Waals surface area contributed by atoms with Crippen LogP contribution >= 0.6 is 11.3 Å². The minimum Gasteiger partial charge on any atom is -0.377 e. The second kappa shape index (κ2) is 5.10. The van der Waals surface area contributed by atoms with Gasteiger partial charge in [-0.05, 0) is 38.8 Å². The number of hydrogen-bond acceptors (Lipinski definition) is 3. The maximum absolute atomic E-state index is 6.13. The van der Waals surface area contributed by atoms with E-state index < -0.39 is 0 Å². The number of hydrogen-bond donors (Lipinski definition) is 1. The van der Waals surface area contributed by atoms with Crippen LogP contribution in [-0.2, 0) is 17.6 Å². The van der Waals surface area contributed by atoms with Gasteiger partial charge in [-0.1, -0.05) is 6.92 Å². The highest BCUT2D eigenvalue weighted by Crippen LogP contribution is 2.22. The number of methoxy groups -OCH3 is 1. The summed E-state index contributed by atoms with van der Waals surface area (Å²) in [4.78, 5) is 2.77. The molecule has 0 saturated heterocycles. The van der Waals surface area contributed by atoms with Gasteiger partial charge in [-0.15, -0.1) is 11.3 Å². The predicted molar refractivity (Wildman–Crippen MR) is 66.5 cm³/mol. The molecule has 1 aromatic heterocycles. The Morgan fingerprint density at radius 1 is 1.40 bits per heavy atom. The van der Waals surface area contributed by atoms with Crippen LogP contribution in [0.2, 0.25) is 0 Å². The third-order valence-electron chi connectivity index (χ3n) is 2.91. The Kier molecular flexibility index (Phi) is 4.32. The molecular weight excluding hydrogens is 206 g/mol. The van der Waals surface area contributed by atoms with Gasteiger partial charge in [0.05, 0.1) is 5.60 Å². The zero-order valence-electron chi connectivity index (χ0n) is 10.0. The topological polar surface area (TPSA) is 35.2 Å². The smallest absolute Gasteiger partial charge is 0.0776 e. The minimum atomic E-state index is -0.254. The summed E-state index contributed by atoms with van der Waals surface area (Å²) in [6.07, 6.45) is 2.00. The number of rotatable bonds is 5. The number of thiophene rings is 1. The molecule has 2 nitrogen and oxygen atoms in total. The summed E-state index contributed by atoms with van der Waals surface area (Å²) in [5, 5.41) is 0. The lowest BCUT2D eigenvalue weighted by Gasteiger charge is -2.29. The van der Waals surface area contributed by atoms with Crippen LogP contribution in [0.3, 0.4) is 0 Å². The predicted octanol–water partition coefficient (Wildman–Crippen LogP) is 2.61. The first-order chi connectivity index (χ1) is 6.99. The van der Waals surface area contributed by atoms with E-state index in [1.807, 2.05) is 25.2 Å². The van der Waals surface area contributed by atoms with Gasteiger partial charge in [0.1, 0.15) is 0 Å². The number of aryl methyl sites for hydroxylation is 1. The van der Waals surface area contributed by atoms with E-state index in [1.165, 1.54) is 9.75 Å². The molecule has 0 fully saturated rings. The lowest BCUT2D eigenvalue weighted by molar-refractivity contribution is 0.000997. The molecule has 0 saturated carbocycles. The maximum Gasteiger partial charge on any atom is 0.0776 e. The van der Waals surface area contributed by atoms with Crippen molar-refractivity contribution in [1.82, 2.24) is 0 Å². The molecular formula is C12H21NOS. The van der Waals surface area contributed by atoms with Gasteiger partial charge < -0.3 is 10.5 Å². The fraction of sp³-hybridized carbons (Fsp3) is 0.667. The third-order valence-corrected chi connectivity index (χ3v) is 4.16. The SMILES string of the molecule is CCc1ccc(CC(N)C(C)(C)OC)s1. The van der Waals surface area contributed by atoms with Crippen molar-refractivity contribution in [2.45, 2.75) is 45.3 Å². The monoisotopic (exact) mass is 227 g/mol. The van der Waals surface area contributed by atoms with E-state index in [9.17, 15) is 0 Å². The van der Waals surface area contributed by atoms with Crippen LogP contribution in [0.1, 0.15) is 30.5 Å². The molecule has 1 rings (SSSR count). The average Bonchev–Trinajstić information content (AvgIpc) is 2.65. The highest BCUT2D eigenvalue weighted by molar-refractivity contribution is 7.11. The zero-order chi connectivity index (χ0) is 11.5. The first-order valence-electron chi connectivity index (χ1n) is 5.38. The van der Waals surface area contributed by atoms with Crippen LogP contribution in [0.25, 0.3) is 0 Å². The molecule has 2 N–H and O–H groups in total. The normalized spacial score (nSPS) is 14.2. The molecule has 0 aliphatic rings. The Bertz CT molecular complexity index is 306. The van der Waals surface area contributed by atoms with Crippen LogP contribution in [0.5, 0.6) is 0 Å². The fourth-order valence-corrected chi connectivity index (χ4v) is 2.35. The maximum atomic E-state index is 6.13. The third kappa shape index (κ3) is 3.30. The van der Waals surface area contributed by atoms with Crippen LogP contribution in [0.15, 0.2) is 12.1 Å². The summed E-state index contributed by atoms with van der Waals surface area (Å²) in [6, 6.07) is 4.41. The van der Waals surface area contributed by atoms with Crippen molar-refractivity contribution in [2.75, 3.05) is 7.11 Å². The largest absolute Gasteiger partial charge is 0.377 e. The molecule has 0 radical (unpaired) electrons. The van der Waals surface area contributed by atoms with Crippen molar-refractivity contribution in [3.05, 3.63) is 21.9 Å². The Morgan fingerprint density at radius 3 is 2.47 bits per heavy atom. The summed E-state index contributed by atoms with van der Waals surface area (Å²) in [5.74, 6) is 0. The summed E-state index contributed by atoms with van der Waals surface area (Å²) in [5.41, 5.74) is 5.87. The van der Waals surface area contributed by atoms with Gasteiger partial charge in [0.2, 0.25) is 0 Å². The lowest BCUT2D eigenvalue weighted by atomic mass is 9.96. The molecule has 0 aliphatic heterocycles. The first kappa shape index (κ1) is 12.7. The Hall–Kier alpha value is -0.380. The molecule has 1 aromatic rings. The molecule has 0 aliphatic carbocycles. The number of nitrogens with two attached hydrogens (primary N) is 1. The molecule has 0 aromatic carbocycles. The fourth-order valence-electron chi connectivity index (χ4n) is 1.34. The average molecular weight is 227 g/mol. The number of ether oxygens (including phenoxy) is 1. The van der Waals surface area contributed by atoms with E-state index in [-0.39, 0.29) is 11.6 Å². The Balaban J connectivity index is 2.61. The van der Waals surface area contributed by atoms with Crippen LogP contribution < -0.4 is 5.73 Å². The van der Waals surface area contributed by atoms with Crippen molar-refractivity contribution >= 4 is 11.3 Å². The molecule has 1 heterocycles. The molecule has 86 valence electrons. The summed E-state index contributed by atoms with van der Waals surface area (Å²) < 4.78 is 5.38. The van der Waals surface area contributed by atoms with E-state index in [4.69, 9.17) is 10.5 Å². The van der Waals surface area contributed by atoms with Gasteiger partial charge in [-0.2, -0.15) is 0 Å². The van der Waals surface area contributed by atoms with E-state index in [0.717, 1.165) is 12.8 Å². The molecule has 0 spiro atoms. The quantitative estimate of drug-likeness (QED) is 0.839. The van der Waals surface area contributed by atoms with Crippen LogP contribution in [0, 0.1) is 0 Å². The zero-order valence-corrected chi connectivity index (χ0v) is 10.9. The van der Waals surface area contributed by atoms with Crippen LogP contribution in [0.4, 0.5) is 0 Å². The molecule has 1 unspecified atom stereocenters. The van der Waals surface area contributed by atoms with Gasteiger partial charge >= 0.3 is 0 Å². The van der Waals surface area contributed by atoms with Crippen molar-refractivity contribution in [2.24, 2.45) is 5.73 Å². The Morgan fingerprint density at radius 2 is 2.00 bits per heavy atom. The van der Waals surface area contributed by atoms with Crippen LogP contribution in [-0.4, -0.2) is 18.8 Å². The summed E-state index contributed by atoms with van der Waals surface area (Å²) >= 11 is 1.85. The van der Waals surface area contributed by atoms with Crippen molar-refractivity contribution in [1.29, 1.82) is 0 Å². The molecule has 3 heteroatoms. The van der Waals surface area contributed by atoms with E-state index in [1.54, 1.807) is 7.11 Å². The molecule has 1 atom stereocenters. The summed E-state index contributed by atoms with van der Waals surface area (Å²) in [6.45, 7) is 6.24. The van der Waals surface area contributed by atoms with Gasteiger partial charge in [0.15, 0.2) is 0 Å². The Labute approximate surface area is 96.4 Å². The van der Waals surface area contributed by atoms with Gasteiger partial charge in [0, 0.05) is 22.9 Å². The standard InChI is InChI=1S/C12H21NOS/c1-5-9-6-7-10(15-9)8-11(13)12(2,3)14-4/h6-7,11H,5,8,13H2,1-4H3. The molecule has 15 heavy (non-hydrogen) atoms.